The number of hydrogen-bond acceptors (Lipinski definition) is 6. The Bertz CT molecular complexity index is 1280. The minimum absolute atomic E-state index is 0.134. The van der Waals surface area contributed by atoms with Crippen LogP contribution in [-0.4, -0.2) is 68.9 Å². The highest BCUT2D eigenvalue weighted by Gasteiger charge is 2.33. The maximum atomic E-state index is 13.8. The molecule has 0 aliphatic heterocycles. The Kier molecular flexibility index (Phi) is 11.6. The number of carbonyl (C=O) groups excluding carboxylic acids is 2. The Morgan fingerprint density at radius 3 is 1.29 bits per heavy atom. The standard InChI is InChI=1S/C28H28Cl4N2O6S2/c29-15-9-19(27(39)33(13-23(35)36)17-5-1-2-6-17)25(21(31)11-15)41-42-26-20(10-16(30)12-22(26)32)28(40)34(14-24(37)38)18-7-3-4-8-18/h9-12,17-18H,1-8,13-14H2,(H,35,36)(H,37,38). The normalized spacial score (nSPS) is 15.6. The van der Waals surface area contributed by atoms with Crippen molar-refractivity contribution in [3.8, 4) is 0 Å². The van der Waals surface area contributed by atoms with E-state index in [0.29, 0.717) is 35.5 Å². The highest BCUT2D eigenvalue weighted by Crippen LogP contribution is 2.48. The second-order valence-electron chi connectivity index (χ2n) is 10.2. The number of carboxylic acids is 2. The van der Waals surface area contributed by atoms with E-state index in [-0.39, 0.29) is 43.3 Å². The van der Waals surface area contributed by atoms with Gasteiger partial charge in [-0.15, -0.1) is 0 Å². The Hall–Kier alpha value is -1.82. The monoisotopic (exact) mass is 692 g/mol. The van der Waals surface area contributed by atoms with Crippen molar-refractivity contribution in [1.29, 1.82) is 0 Å². The molecule has 2 N–H and O–H groups in total. The molecule has 2 fully saturated rings. The first kappa shape index (κ1) is 33.1. The number of carboxylic acid groups (broad SMARTS) is 2. The molecule has 2 amide bonds. The molecule has 0 unspecified atom stereocenters. The average molecular weight is 694 g/mol. The minimum atomic E-state index is -1.13. The Morgan fingerprint density at radius 1 is 0.643 bits per heavy atom. The number of benzene rings is 2. The largest absolute Gasteiger partial charge is 0.480 e. The highest BCUT2D eigenvalue weighted by atomic mass is 35.5. The average Bonchev–Trinajstić information content (AvgIpc) is 3.64. The van der Waals surface area contributed by atoms with Gasteiger partial charge < -0.3 is 20.0 Å². The molecule has 226 valence electrons. The summed E-state index contributed by atoms with van der Waals surface area (Å²) in [5, 5.41) is 19.8. The summed E-state index contributed by atoms with van der Waals surface area (Å²) >= 11 is 25.7. The van der Waals surface area contributed by atoms with Crippen LogP contribution in [0.2, 0.25) is 20.1 Å². The van der Waals surface area contributed by atoms with E-state index in [4.69, 9.17) is 46.4 Å². The quantitative estimate of drug-likeness (QED) is 0.227. The van der Waals surface area contributed by atoms with Crippen LogP contribution in [-0.2, 0) is 9.59 Å². The topological polar surface area (TPSA) is 115 Å². The van der Waals surface area contributed by atoms with Crippen molar-refractivity contribution in [1.82, 2.24) is 9.80 Å². The van der Waals surface area contributed by atoms with Crippen LogP contribution >= 0.6 is 68.0 Å². The SMILES string of the molecule is O=C(O)CN(C(=O)c1cc(Cl)cc(Cl)c1SSc1c(Cl)cc(Cl)cc1C(=O)N(CC(=O)O)C1CCCC1)C1CCCC1. The summed E-state index contributed by atoms with van der Waals surface area (Å²) in [6.45, 7) is -0.930. The minimum Gasteiger partial charge on any atom is -0.480 e. The first-order valence-corrected chi connectivity index (χ1v) is 17.0. The van der Waals surface area contributed by atoms with E-state index < -0.39 is 36.8 Å². The van der Waals surface area contributed by atoms with Crippen molar-refractivity contribution in [2.75, 3.05) is 13.1 Å². The predicted octanol–water partition coefficient (Wildman–Crippen LogP) is 8.04. The van der Waals surface area contributed by atoms with Gasteiger partial charge in [0, 0.05) is 22.1 Å². The van der Waals surface area contributed by atoms with E-state index in [1.54, 1.807) is 0 Å². The van der Waals surface area contributed by atoms with E-state index in [0.717, 1.165) is 47.3 Å². The van der Waals surface area contributed by atoms with Crippen LogP contribution in [0.1, 0.15) is 72.1 Å². The van der Waals surface area contributed by atoms with E-state index in [1.807, 2.05) is 0 Å². The second-order valence-corrected chi connectivity index (χ2v) is 14.1. The summed E-state index contributed by atoms with van der Waals surface area (Å²) in [4.78, 5) is 54.3. The molecule has 0 aromatic heterocycles. The molecular weight excluding hydrogens is 666 g/mol. The van der Waals surface area contributed by atoms with Crippen molar-refractivity contribution in [3.63, 3.8) is 0 Å². The molecule has 2 aliphatic rings. The van der Waals surface area contributed by atoms with E-state index in [2.05, 4.69) is 0 Å². The summed E-state index contributed by atoms with van der Waals surface area (Å²) < 4.78 is 0. The fourth-order valence-electron chi connectivity index (χ4n) is 5.46. The van der Waals surface area contributed by atoms with Gasteiger partial charge in [0.2, 0.25) is 0 Å². The van der Waals surface area contributed by atoms with Gasteiger partial charge >= 0.3 is 11.9 Å². The van der Waals surface area contributed by atoms with E-state index in [1.165, 1.54) is 34.1 Å². The molecule has 0 heterocycles. The molecule has 2 aromatic rings. The zero-order valence-corrected chi connectivity index (χ0v) is 26.9. The van der Waals surface area contributed by atoms with Crippen molar-refractivity contribution in [3.05, 3.63) is 55.5 Å². The van der Waals surface area contributed by atoms with Gasteiger partial charge in [0.25, 0.3) is 11.8 Å². The van der Waals surface area contributed by atoms with Crippen molar-refractivity contribution in [2.45, 2.75) is 73.2 Å². The van der Waals surface area contributed by atoms with Crippen LogP contribution in [0.4, 0.5) is 0 Å². The van der Waals surface area contributed by atoms with Crippen molar-refractivity contribution < 1.29 is 29.4 Å². The molecule has 0 radical (unpaired) electrons. The van der Waals surface area contributed by atoms with Gasteiger partial charge in [-0.25, -0.2) is 0 Å². The summed E-state index contributed by atoms with van der Waals surface area (Å²) in [7, 11) is 2.14. The number of aliphatic carboxylic acids is 2. The fraction of sp³-hybridized carbons (Fsp3) is 0.429. The van der Waals surface area contributed by atoms with E-state index >= 15 is 0 Å². The van der Waals surface area contributed by atoms with Gasteiger partial charge in [-0.1, -0.05) is 93.7 Å². The molecule has 14 heteroatoms. The van der Waals surface area contributed by atoms with Gasteiger partial charge in [0.1, 0.15) is 13.1 Å². The second kappa shape index (κ2) is 14.8. The van der Waals surface area contributed by atoms with Gasteiger partial charge in [-0.3, -0.25) is 19.2 Å². The first-order valence-electron chi connectivity index (χ1n) is 13.3. The zero-order chi connectivity index (χ0) is 30.6. The molecule has 2 aliphatic carbocycles. The fourth-order valence-corrected chi connectivity index (χ4v) is 9.44. The summed E-state index contributed by atoms with van der Waals surface area (Å²) in [5.74, 6) is -3.28. The molecule has 8 nitrogen and oxygen atoms in total. The third-order valence-electron chi connectivity index (χ3n) is 7.35. The molecule has 0 saturated heterocycles. The molecular formula is C28H28Cl4N2O6S2. The van der Waals surface area contributed by atoms with Crippen molar-refractivity contribution in [2.24, 2.45) is 0 Å². The maximum Gasteiger partial charge on any atom is 0.323 e. The number of carbonyl (C=O) groups is 4. The van der Waals surface area contributed by atoms with Gasteiger partial charge in [-0.05, 0) is 49.9 Å². The number of nitrogens with zero attached hydrogens (tertiary/aromatic N) is 2. The maximum absolute atomic E-state index is 13.8. The van der Waals surface area contributed by atoms with Crippen LogP contribution in [0.15, 0.2) is 34.1 Å². The Morgan fingerprint density at radius 2 is 0.976 bits per heavy atom. The number of rotatable bonds is 11. The number of halogens is 4. The Balaban J connectivity index is 1.69. The van der Waals surface area contributed by atoms with Gasteiger partial charge in [0.05, 0.1) is 31.0 Å². The zero-order valence-electron chi connectivity index (χ0n) is 22.3. The number of hydrogen-bond donors (Lipinski definition) is 2. The highest BCUT2D eigenvalue weighted by molar-refractivity contribution is 8.76. The van der Waals surface area contributed by atoms with Crippen LogP contribution < -0.4 is 0 Å². The van der Waals surface area contributed by atoms with Gasteiger partial charge in [-0.2, -0.15) is 0 Å². The third-order valence-corrected chi connectivity index (χ3v) is 11.2. The smallest absolute Gasteiger partial charge is 0.323 e. The lowest BCUT2D eigenvalue weighted by Crippen LogP contribution is -2.42. The summed E-state index contributed by atoms with van der Waals surface area (Å²) in [6, 6.07) is 5.42. The first-order chi connectivity index (χ1) is 20.0. The van der Waals surface area contributed by atoms with E-state index in [9.17, 15) is 29.4 Å². The van der Waals surface area contributed by atoms with Crippen molar-refractivity contribution >= 4 is 91.7 Å². The molecule has 0 spiro atoms. The predicted molar refractivity (Wildman–Crippen MR) is 166 cm³/mol. The molecule has 2 aromatic carbocycles. The molecule has 0 atom stereocenters. The lowest BCUT2D eigenvalue weighted by atomic mass is 10.1. The Labute approximate surface area is 271 Å². The summed E-state index contributed by atoms with van der Waals surface area (Å²) in [5.41, 5.74) is 0.268. The summed E-state index contributed by atoms with van der Waals surface area (Å²) in [6.07, 6.45) is 6.38. The molecule has 4 rings (SSSR count). The van der Waals surface area contributed by atoms with Crippen LogP contribution in [0.3, 0.4) is 0 Å². The van der Waals surface area contributed by atoms with Crippen LogP contribution in [0, 0.1) is 0 Å². The molecule has 2 saturated carbocycles. The van der Waals surface area contributed by atoms with Gasteiger partial charge in [0.15, 0.2) is 0 Å². The third kappa shape index (κ3) is 8.01. The van der Waals surface area contributed by atoms with Crippen LogP contribution in [0.25, 0.3) is 0 Å². The number of amides is 2. The lowest BCUT2D eigenvalue weighted by Gasteiger charge is -2.29. The van der Waals surface area contributed by atoms with Crippen LogP contribution in [0.5, 0.6) is 0 Å². The molecule has 0 bridgehead atoms. The molecule has 42 heavy (non-hydrogen) atoms. The lowest BCUT2D eigenvalue weighted by molar-refractivity contribution is -0.139.